The molecule has 29 heavy (non-hydrogen) atoms. The van der Waals surface area contributed by atoms with E-state index in [-0.39, 0.29) is 17.7 Å². The molecule has 9 nitrogen and oxygen atoms in total. The Kier molecular flexibility index (Phi) is 5.11. The topological polar surface area (TPSA) is 109 Å². The van der Waals surface area contributed by atoms with Gasteiger partial charge in [-0.25, -0.2) is 4.98 Å². The second-order valence-electron chi connectivity index (χ2n) is 7.08. The third-order valence-corrected chi connectivity index (χ3v) is 4.79. The lowest BCUT2D eigenvalue weighted by Gasteiger charge is -2.15. The molecule has 1 aliphatic rings. The number of anilines is 4. The van der Waals surface area contributed by atoms with Crippen LogP contribution in [0.4, 0.5) is 23.6 Å². The molecule has 4 rings (SSSR count). The molecule has 1 aliphatic heterocycles. The number of nitrogens with zero attached hydrogens (tertiary/aromatic N) is 5. The summed E-state index contributed by atoms with van der Waals surface area (Å²) in [6, 6.07) is 5.98. The van der Waals surface area contributed by atoms with Crippen molar-refractivity contribution in [3.05, 3.63) is 47.1 Å². The average Bonchev–Trinajstić information content (AvgIpc) is 3.36. The molecule has 150 valence electrons. The normalized spacial score (nSPS) is 13.6. The Morgan fingerprint density at radius 1 is 1.07 bits per heavy atom. The number of amides is 1. The van der Waals surface area contributed by atoms with E-state index >= 15 is 0 Å². The molecule has 1 fully saturated rings. The van der Waals surface area contributed by atoms with Crippen molar-refractivity contribution in [3.63, 3.8) is 0 Å². The van der Waals surface area contributed by atoms with Gasteiger partial charge < -0.3 is 14.6 Å². The van der Waals surface area contributed by atoms with Crippen molar-refractivity contribution in [3.8, 4) is 0 Å². The smallest absolute Gasteiger partial charge is 0.302 e. The lowest BCUT2D eigenvalue weighted by atomic mass is 10.1. The Morgan fingerprint density at radius 2 is 1.79 bits per heavy atom. The van der Waals surface area contributed by atoms with Crippen LogP contribution >= 0.6 is 0 Å². The molecule has 1 aromatic carbocycles. The molecule has 3 aromatic rings. The molecule has 0 unspecified atom stereocenters. The zero-order valence-electron chi connectivity index (χ0n) is 16.7. The van der Waals surface area contributed by atoms with Gasteiger partial charge in [0.1, 0.15) is 5.82 Å². The SMILES string of the molecule is Cc1nc(Nc2ncc(C(=O)Nc3c(C)cccc3C)o2)nc(N2CCCC2)n1. The summed E-state index contributed by atoms with van der Waals surface area (Å²) in [6.07, 6.45) is 3.64. The monoisotopic (exact) mass is 393 g/mol. The number of carbonyl (C=O) groups is 1. The van der Waals surface area contributed by atoms with Crippen molar-refractivity contribution in [2.45, 2.75) is 33.6 Å². The third kappa shape index (κ3) is 4.18. The van der Waals surface area contributed by atoms with Crippen LogP contribution in [0, 0.1) is 20.8 Å². The largest absolute Gasteiger partial charge is 0.418 e. The molecule has 0 atom stereocenters. The van der Waals surface area contributed by atoms with Crippen LogP contribution in [0.5, 0.6) is 0 Å². The highest BCUT2D eigenvalue weighted by Gasteiger charge is 2.18. The average molecular weight is 393 g/mol. The molecular weight excluding hydrogens is 370 g/mol. The standard InChI is InChI=1S/C20H23N7O2/c1-12-7-6-8-13(2)16(12)24-17(28)15-11-21-20(29-15)26-18-22-14(3)23-19(25-18)27-9-4-5-10-27/h6-8,11H,4-5,9-10H2,1-3H3,(H,24,28)(H,21,22,23,25,26). The van der Waals surface area contributed by atoms with E-state index in [2.05, 4.69) is 35.5 Å². The van der Waals surface area contributed by atoms with E-state index in [1.165, 1.54) is 6.20 Å². The predicted molar refractivity (Wildman–Crippen MR) is 110 cm³/mol. The number of oxazole rings is 1. The number of carbonyl (C=O) groups excluding carboxylic acids is 1. The van der Waals surface area contributed by atoms with Crippen LogP contribution < -0.4 is 15.5 Å². The van der Waals surface area contributed by atoms with Crippen LogP contribution in [0.25, 0.3) is 0 Å². The van der Waals surface area contributed by atoms with Gasteiger partial charge in [-0.3, -0.25) is 10.1 Å². The molecular formula is C20H23N7O2. The van der Waals surface area contributed by atoms with Crippen LogP contribution in [0.3, 0.4) is 0 Å². The lowest BCUT2D eigenvalue weighted by molar-refractivity contribution is 0.0997. The number of nitrogens with one attached hydrogen (secondary N) is 2. The fraction of sp³-hybridized carbons (Fsp3) is 0.350. The molecule has 0 saturated carbocycles. The van der Waals surface area contributed by atoms with E-state index in [0.29, 0.717) is 17.7 Å². The fourth-order valence-corrected chi connectivity index (χ4v) is 3.30. The summed E-state index contributed by atoms with van der Waals surface area (Å²) >= 11 is 0. The first-order valence-corrected chi connectivity index (χ1v) is 9.57. The van der Waals surface area contributed by atoms with Crippen molar-refractivity contribution in [2.75, 3.05) is 28.6 Å². The van der Waals surface area contributed by atoms with Crippen LogP contribution in [-0.2, 0) is 0 Å². The van der Waals surface area contributed by atoms with Crippen LogP contribution in [0.2, 0.25) is 0 Å². The van der Waals surface area contributed by atoms with Gasteiger partial charge in [-0.15, -0.1) is 0 Å². The Labute approximate surface area is 168 Å². The molecule has 0 aliphatic carbocycles. The van der Waals surface area contributed by atoms with Gasteiger partial charge in [0.15, 0.2) is 0 Å². The Hall–Kier alpha value is -3.49. The summed E-state index contributed by atoms with van der Waals surface area (Å²) in [4.78, 5) is 31.9. The Balaban J connectivity index is 1.49. The number of para-hydroxylation sites is 1. The second kappa shape index (κ2) is 7.86. The lowest BCUT2D eigenvalue weighted by Crippen LogP contribution is -2.21. The quantitative estimate of drug-likeness (QED) is 0.679. The van der Waals surface area contributed by atoms with E-state index in [9.17, 15) is 4.79 Å². The van der Waals surface area contributed by atoms with Crippen molar-refractivity contribution >= 4 is 29.5 Å². The van der Waals surface area contributed by atoms with Gasteiger partial charge in [-0.1, -0.05) is 18.2 Å². The van der Waals surface area contributed by atoms with E-state index in [4.69, 9.17) is 4.42 Å². The number of hydrogen-bond donors (Lipinski definition) is 2. The van der Waals surface area contributed by atoms with Crippen LogP contribution in [-0.4, -0.2) is 38.9 Å². The van der Waals surface area contributed by atoms with E-state index < -0.39 is 0 Å². The summed E-state index contributed by atoms with van der Waals surface area (Å²) in [7, 11) is 0. The Bertz CT molecular complexity index is 1020. The molecule has 1 amide bonds. The first-order chi connectivity index (χ1) is 14.0. The second-order valence-corrected chi connectivity index (χ2v) is 7.08. The van der Waals surface area contributed by atoms with Gasteiger partial charge in [-0.05, 0) is 44.7 Å². The van der Waals surface area contributed by atoms with E-state index in [0.717, 1.165) is 42.7 Å². The highest BCUT2D eigenvalue weighted by Crippen LogP contribution is 2.22. The number of hydrogen-bond acceptors (Lipinski definition) is 8. The molecule has 9 heteroatoms. The fourth-order valence-electron chi connectivity index (χ4n) is 3.30. The van der Waals surface area contributed by atoms with Gasteiger partial charge in [0.2, 0.25) is 17.7 Å². The molecule has 0 spiro atoms. The Morgan fingerprint density at radius 3 is 2.52 bits per heavy atom. The van der Waals surface area contributed by atoms with Crippen molar-refractivity contribution in [1.82, 2.24) is 19.9 Å². The molecule has 3 heterocycles. The van der Waals surface area contributed by atoms with Gasteiger partial charge in [0.25, 0.3) is 5.91 Å². The van der Waals surface area contributed by atoms with E-state index in [1.807, 2.05) is 39.0 Å². The highest BCUT2D eigenvalue weighted by molar-refractivity contribution is 6.03. The number of rotatable bonds is 5. The summed E-state index contributed by atoms with van der Waals surface area (Å²) in [5, 5.41) is 5.80. The molecule has 1 saturated heterocycles. The highest BCUT2D eigenvalue weighted by atomic mass is 16.4. The molecule has 0 bridgehead atoms. The zero-order chi connectivity index (χ0) is 20.4. The van der Waals surface area contributed by atoms with Crippen LogP contribution in [0.15, 0.2) is 28.8 Å². The minimum absolute atomic E-state index is 0.0979. The minimum Gasteiger partial charge on any atom is -0.418 e. The maximum atomic E-state index is 12.5. The maximum absolute atomic E-state index is 12.5. The van der Waals surface area contributed by atoms with Gasteiger partial charge in [-0.2, -0.15) is 15.0 Å². The van der Waals surface area contributed by atoms with Gasteiger partial charge >= 0.3 is 6.01 Å². The first kappa shape index (κ1) is 18.9. The summed E-state index contributed by atoms with van der Waals surface area (Å²) < 4.78 is 5.56. The summed E-state index contributed by atoms with van der Waals surface area (Å²) in [5.41, 5.74) is 2.73. The van der Waals surface area contributed by atoms with Crippen LogP contribution in [0.1, 0.15) is 40.3 Å². The molecule has 0 radical (unpaired) electrons. The maximum Gasteiger partial charge on any atom is 0.302 e. The van der Waals surface area contributed by atoms with Crippen molar-refractivity contribution < 1.29 is 9.21 Å². The van der Waals surface area contributed by atoms with Crippen molar-refractivity contribution in [1.29, 1.82) is 0 Å². The van der Waals surface area contributed by atoms with E-state index in [1.54, 1.807) is 0 Å². The first-order valence-electron chi connectivity index (χ1n) is 9.57. The van der Waals surface area contributed by atoms with Gasteiger partial charge in [0, 0.05) is 18.8 Å². The number of aryl methyl sites for hydroxylation is 3. The molecule has 2 N–H and O–H groups in total. The minimum atomic E-state index is -0.368. The summed E-state index contributed by atoms with van der Waals surface area (Å²) in [6.45, 7) is 7.56. The number of aromatic nitrogens is 4. The van der Waals surface area contributed by atoms with Gasteiger partial charge in [0.05, 0.1) is 6.20 Å². The third-order valence-electron chi connectivity index (χ3n) is 4.79. The summed E-state index contributed by atoms with van der Waals surface area (Å²) in [5.74, 6) is 1.30. The predicted octanol–water partition coefficient (Wildman–Crippen LogP) is 3.38. The zero-order valence-corrected chi connectivity index (χ0v) is 16.7. The molecule has 2 aromatic heterocycles. The number of benzene rings is 1. The van der Waals surface area contributed by atoms with Crippen molar-refractivity contribution in [2.24, 2.45) is 0 Å².